The summed E-state index contributed by atoms with van der Waals surface area (Å²) in [5.74, 6) is -0.746. The van der Waals surface area contributed by atoms with E-state index in [2.05, 4.69) is 5.32 Å². The Balaban J connectivity index is 1.62. The molecule has 3 aromatic carbocycles. The summed E-state index contributed by atoms with van der Waals surface area (Å²) in [7, 11) is 0. The van der Waals surface area contributed by atoms with Gasteiger partial charge in [0, 0.05) is 0 Å². The van der Waals surface area contributed by atoms with E-state index in [1.54, 1.807) is 13.8 Å². The highest BCUT2D eigenvalue weighted by Crippen LogP contribution is 2.25. The van der Waals surface area contributed by atoms with E-state index in [0.29, 0.717) is 0 Å². The average molecular weight is 375 g/mol. The molecule has 0 spiro atoms. The fraction of sp³-hybridized carbons (Fsp3) is 0.250. The SMILES string of the molecule is C[C@@H](NC(=O)COC(=O)C(C)(C)c1ccccc1)c1cccc2ccccc12. The third-order valence-electron chi connectivity index (χ3n) is 5.01. The lowest BCUT2D eigenvalue weighted by atomic mass is 9.85. The van der Waals surface area contributed by atoms with Gasteiger partial charge in [0.1, 0.15) is 0 Å². The smallest absolute Gasteiger partial charge is 0.316 e. The molecule has 4 heteroatoms. The summed E-state index contributed by atoms with van der Waals surface area (Å²) in [6.45, 7) is 5.21. The van der Waals surface area contributed by atoms with Gasteiger partial charge >= 0.3 is 5.97 Å². The maximum atomic E-state index is 12.5. The van der Waals surface area contributed by atoms with Crippen LogP contribution in [0.5, 0.6) is 0 Å². The molecular formula is C24H25NO3. The van der Waals surface area contributed by atoms with Crippen molar-refractivity contribution in [2.45, 2.75) is 32.2 Å². The highest BCUT2D eigenvalue weighted by atomic mass is 16.5. The Labute approximate surface area is 165 Å². The fourth-order valence-electron chi connectivity index (χ4n) is 3.27. The lowest BCUT2D eigenvalue weighted by Crippen LogP contribution is -2.36. The zero-order valence-corrected chi connectivity index (χ0v) is 16.4. The van der Waals surface area contributed by atoms with Crippen LogP contribution in [0.25, 0.3) is 10.8 Å². The highest BCUT2D eigenvalue weighted by molar-refractivity contribution is 5.88. The second-order valence-corrected chi connectivity index (χ2v) is 7.42. The fourth-order valence-corrected chi connectivity index (χ4v) is 3.27. The summed E-state index contributed by atoms with van der Waals surface area (Å²) in [6, 6.07) is 23.3. The van der Waals surface area contributed by atoms with Crippen LogP contribution >= 0.6 is 0 Å². The number of fused-ring (bicyclic) bond motifs is 1. The third kappa shape index (κ3) is 4.22. The number of esters is 1. The first-order valence-corrected chi connectivity index (χ1v) is 9.39. The van der Waals surface area contributed by atoms with Crippen molar-refractivity contribution >= 4 is 22.6 Å². The largest absolute Gasteiger partial charge is 0.455 e. The van der Waals surface area contributed by atoms with Gasteiger partial charge in [0.05, 0.1) is 11.5 Å². The number of hydrogen-bond donors (Lipinski definition) is 1. The molecule has 3 rings (SSSR count). The zero-order chi connectivity index (χ0) is 20.1. The standard InChI is InChI=1S/C24H25NO3/c1-17(20-15-9-11-18-10-7-8-14-21(18)20)25-22(26)16-28-23(27)24(2,3)19-12-5-4-6-13-19/h4-15,17H,16H2,1-3H3,(H,25,26)/t17-/m1/s1. The molecule has 0 aliphatic carbocycles. The highest BCUT2D eigenvalue weighted by Gasteiger charge is 2.31. The predicted molar refractivity (Wildman–Crippen MR) is 111 cm³/mol. The summed E-state index contributed by atoms with van der Waals surface area (Å²) in [6.07, 6.45) is 0. The molecule has 0 bridgehead atoms. The molecule has 144 valence electrons. The number of hydrogen-bond acceptors (Lipinski definition) is 3. The zero-order valence-electron chi connectivity index (χ0n) is 16.4. The van der Waals surface area contributed by atoms with E-state index in [4.69, 9.17) is 4.74 Å². The van der Waals surface area contributed by atoms with Crippen molar-refractivity contribution in [1.82, 2.24) is 5.32 Å². The summed E-state index contributed by atoms with van der Waals surface area (Å²) in [5.41, 5.74) is 1.06. The second kappa shape index (κ2) is 8.26. The quantitative estimate of drug-likeness (QED) is 0.644. The predicted octanol–water partition coefficient (Wildman–Crippen LogP) is 4.54. The van der Waals surface area contributed by atoms with Crippen LogP contribution in [0.1, 0.15) is 37.9 Å². The molecule has 0 saturated heterocycles. The molecule has 0 aliphatic heterocycles. The van der Waals surface area contributed by atoms with Crippen LogP contribution in [0.4, 0.5) is 0 Å². The second-order valence-electron chi connectivity index (χ2n) is 7.42. The number of amides is 1. The molecule has 3 aromatic rings. The molecule has 1 atom stereocenters. The lowest BCUT2D eigenvalue weighted by molar-refractivity contribution is -0.153. The maximum absolute atomic E-state index is 12.5. The minimum absolute atomic E-state index is 0.195. The Morgan fingerprint density at radius 2 is 1.57 bits per heavy atom. The van der Waals surface area contributed by atoms with Crippen molar-refractivity contribution in [2.24, 2.45) is 0 Å². The Morgan fingerprint density at radius 3 is 2.32 bits per heavy atom. The van der Waals surface area contributed by atoms with Gasteiger partial charge in [-0.05, 0) is 42.7 Å². The Morgan fingerprint density at radius 1 is 0.929 bits per heavy atom. The van der Waals surface area contributed by atoms with Crippen molar-refractivity contribution in [1.29, 1.82) is 0 Å². The van der Waals surface area contributed by atoms with Crippen LogP contribution in [0.3, 0.4) is 0 Å². The Kier molecular flexibility index (Phi) is 5.78. The molecule has 0 radical (unpaired) electrons. The van der Waals surface area contributed by atoms with Crippen LogP contribution in [-0.4, -0.2) is 18.5 Å². The Hall–Kier alpha value is -3.14. The molecule has 0 unspecified atom stereocenters. The van der Waals surface area contributed by atoms with Crippen molar-refractivity contribution in [3.05, 3.63) is 83.9 Å². The number of carbonyl (C=O) groups excluding carboxylic acids is 2. The first-order chi connectivity index (χ1) is 13.4. The summed E-state index contributed by atoms with van der Waals surface area (Å²) in [4.78, 5) is 24.8. The van der Waals surface area contributed by atoms with Gasteiger partial charge in [-0.3, -0.25) is 9.59 Å². The van der Waals surface area contributed by atoms with Crippen LogP contribution in [0.2, 0.25) is 0 Å². The van der Waals surface area contributed by atoms with Crippen molar-refractivity contribution < 1.29 is 14.3 Å². The first-order valence-electron chi connectivity index (χ1n) is 9.39. The van der Waals surface area contributed by atoms with Crippen LogP contribution in [0.15, 0.2) is 72.8 Å². The normalized spacial score (nSPS) is 12.4. The van der Waals surface area contributed by atoms with E-state index >= 15 is 0 Å². The van der Waals surface area contributed by atoms with Crippen molar-refractivity contribution in [2.75, 3.05) is 6.61 Å². The molecular weight excluding hydrogens is 350 g/mol. The average Bonchev–Trinajstić information content (AvgIpc) is 2.72. The van der Waals surface area contributed by atoms with Gasteiger partial charge in [-0.25, -0.2) is 0 Å². The number of carbonyl (C=O) groups is 2. The monoisotopic (exact) mass is 375 g/mol. The molecule has 0 saturated carbocycles. The molecule has 28 heavy (non-hydrogen) atoms. The number of nitrogens with one attached hydrogen (secondary N) is 1. The van der Waals surface area contributed by atoms with Crippen molar-refractivity contribution in [3.8, 4) is 0 Å². The summed E-state index contributed by atoms with van der Waals surface area (Å²) in [5, 5.41) is 5.14. The van der Waals surface area contributed by atoms with Gasteiger partial charge in [-0.15, -0.1) is 0 Å². The topological polar surface area (TPSA) is 55.4 Å². The van der Waals surface area contributed by atoms with E-state index in [1.807, 2.05) is 79.7 Å². The van der Waals surface area contributed by atoms with Gasteiger partial charge in [-0.1, -0.05) is 72.8 Å². The van der Waals surface area contributed by atoms with Crippen LogP contribution in [0, 0.1) is 0 Å². The minimum atomic E-state index is -0.817. The molecule has 1 N–H and O–H groups in total. The first kappa shape index (κ1) is 19.6. The number of ether oxygens (including phenoxy) is 1. The minimum Gasteiger partial charge on any atom is -0.455 e. The summed E-state index contributed by atoms with van der Waals surface area (Å²) >= 11 is 0. The van der Waals surface area contributed by atoms with Gasteiger partial charge in [0.25, 0.3) is 5.91 Å². The number of rotatable bonds is 6. The van der Waals surface area contributed by atoms with Crippen LogP contribution in [-0.2, 0) is 19.7 Å². The molecule has 0 aliphatic rings. The summed E-state index contributed by atoms with van der Waals surface area (Å²) < 4.78 is 5.30. The van der Waals surface area contributed by atoms with Crippen molar-refractivity contribution in [3.63, 3.8) is 0 Å². The van der Waals surface area contributed by atoms with E-state index in [1.165, 1.54) is 0 Å². The number of benzene rings is 3. The van der Waals surface area contributed by atoms with E-state index in [-0.39, 0.29) is 18.6 Å². The molecule has 0 fully saturated rings. The van der Waals surface area contributed by atoms with Gasteiger partial charge in [0.2, 0.25) is 0 Å². The third-order valence-corrected chi connectivity index (χ3v) is 5.01. The van der Waals surface area contributed by atoms with E-state index in [0.717, 1.165) is 21.9 Å². The Bertz CT molecular complexity index is 974. The lowest BCUT2D eigenvalue weighted by Gasteiger charge is -2.23. The van der Waals surface area contributed by atoms with Crippen LogP contribution < -0.4 is 5.32 Å². The molecule has 4 nitrogen and oxygen atoms in total. The molecule has 1 amide bonds. The van der Waals surface area contributed by atoms with Gasteiger partial charge in [0.15, 0.2) is 6.61 Å². The van der Waals surface area contributed by atoms with Gasteiger partial charge < -0.3 is 10.1 Å². The maximum Gasteiger partial charge on any atom is 0.316 e. The van der Waals surface area contributed by atoms with E-state index in [9.17, 15) is 9.59 Å². The van der Waals surface area contributed by atoms with Gasteiger partial charge in [-0.2, -0.15) is 0 Å². The molecule has 0 aromatic heterocycles. The van der Waals surface area contributed by atoms with E-state index < -0.39 is 11.4 Å². The molecule has 0 heterocycles.